The molecular formula is C29H32ClFN6O3S. The number of sulfonamides is 1. The molecular weight excluding hydrogens is 567 g/mol. The number of nitrogens with two attached hydrogens (primary N) is 1. The second kappa shape index (κ2) is 11.2. The first kappa shape index (κ1) is 27.9. The Kier molecular flexibility index (Phi) is 7.62. The minimum absolute atomic E-state index is 0.0464. The number of hydrogen-bond donors (Lipinski definition) is 3. The number of aromatic nitrogens is 3. The molecule has 9 nitrogen and oxygen atoms in total. The Morgan fingerprint density at radius 2 is 1.88 bits per heavy atom. The van der Waals surface area contributed by atoms with Crippen LogP contribution in [0.25, 0.3) is 22.2 Å². The first-order valence-electron chi connectivity index (χ1n) is 13.8. The molecule has 1 aliphatic heterocycles. The maximum Gasteiger partial charge on any atom is 0.263 e. The summed E-state index contributed by atoms with van der Waals surface area (Å²) in [6.07, 6.45) is 6.03. The summed E-state index contributed by atoms with van der Waals surface area (Å²) >= 11 is 6.06. The number of fused-ring (bicyclic) bond motifs is 1. The van der Waals surface area contributed by atoms with Crippen molar-refractivity contribution in [1.82, 2.24) is 20.1 Å². The van der Waals surface area contributed by atoms with Gasteiger partial charge in [-0.2, -0.15) is 5.10 Å². The van der Waals surface area contributed by atoms with Gasteiger partial charge in [-0.25, -0.2) is 17.8 Å². The van der Waals surface area contributed by atoms with Crippen LogP contribution in [0.15, 0.2) is 53.6 Å². The summed E-state index contributed by atoms with van der Waals surface area (Å²) in [7, 11) is -4.09. The van der Waals surface area contributed by atoms with Crippen molar-refractivity contribution < 1.29 is 17.5 Å². The predicted octanol–water partition coefficient (Wildman–Crippen LogP) is 5.31. The molecule has 6 rings (SSSR count). The van der Waals surface area contributed by atoms with E-state index in [-0.39, 0.29) is 15.6 Å². The van der Waals surface area contributed by atoms with E-state index in [2.05, 4.69) is 15.0 Å². The van der Waals surface area contributed by atoms with Crippen LogP contribution in [0.5, 0.6) is 0 Å². The van der Waals surface area contributed by atoms with Crippen LogP contribution in [-0.2, 0) is 21.3 Å². The van der Waals surface area contributed by atoms with E-state index in [1.54, 1.807) is 18.2 Å². The van der Waals surface area contributed by atoms with Crippen molar-refractivity contribution in [2.24, 2.45) is 0 Å². The van der Waals surface area contributed by atoms with Crippen LogP contribution >= 0.6 is 11.6 Å². The largest absolute Gasteiger partial charge is 0.383 e. The van der Waals surface area contributed by atoms with Crippen LogP contribution in [0.2, 0.25) is 5.02 Å². The van der Waals surface area contributed by atoms with Crippen molar-refractivity contribution in [2.45, 2.75) is 62.0 Å². The number of benzene rings is 2. The lowest BCUT2D eigenvalue weighted by Gasteiger charge is -2.35. The molecule has 4 N–H and O–H groups in total. The Balaban J connectivity index is 1.30. The number of halogens is 2. The number of ether oxygens (including phenoxy) is 1. The molecule has 216 valence electrons. The Morgan fingerprint density at radius 1 is 1.12 bits per heavy atom. The third-order valence-electron chi connectivity index (χ3n) is 8.01. The number of aryl methyl sites for hydroxylation is 1. The van der Waals surface area contributed by atoms with Gasteiger partial charge < -0.3 is 15.8 Å². The Hall–Kier alpha value is -3.25. The minimum atomic E-state index is -4.09. The first-order chi connectivity index (χ1) is 19.7. The molecule has 0 bridgehead atoms. The fraction of sp³-hybridized carbons (Fsp3) is 0.379. The summed E-state index contributed by atoms with van der Waals surface area (Å²) in [6.45, 7) is 4.18. The molecule has 1 saturated carbocycles. The third kappa shape index (κ3) is 5.39. The summed E-state index contributed by atoms with van der Waals surface area (Å²) in [6, 6.07) is 11.2. The molecule has 2 aromatic carbocycles. The normalized spacial score (nSPS) is 19.8. The zero-order chi connectivity index (χ0) is 28.7. The molecule has 1 saturated heterocycles. The highest BCUT2D eigenvalue weighted by Crippen LogP contribution is 2.41. The van der Waals surface area contributed by atoms with Gasteiger partial charge in [-0.15, -0.1) is 0 Å². The third-order valence-corrected chi connectivity index (χ3v) is 9.88. The molecule has 0 atom stereocenters. The van der Waals surface area contributed by atoms with Gasteiger partial charge in [0.15, 0.2) is 0 Å². The smallest absolute Gasteiger partial charge is 0.263 e. The van der Waals surface area contributed by atoms with Crippen molar-refractivity contribution in [3.05, 3.63) is 65.1 Å². The van der Waals surface area contributed by atoms with Gasteiger partial charge in [-0.3, -0.25) is 9.40 Å². The molecule has 12 heteroatoms. The average Bonchev–Trinajstić information content (AvgIpc) is 3.33. The highest BCUT2D eigenvalue weighted by molar-refractivity contribution is 7.92. The molecule has 0 unspecified atom stereocenters. The zero-order valence-corrected chi connectivity index (χ0v) is 24.2. The SMILES string of the molecule is CCn1nc(-c2ccc(NS(=O)(=O)c3ccccc3Cl)c(F)c2)c2c(N)ncc(C3CCC(NC4COC4)CC3)c21. The van der Waals surface area contributed by atoms with E-state index < -0.39 is 15.8 Å². The molecule has 0 amide bonds. The van der Waals surface area contributed by atoms with Gasteiger partial charge in [0.1, 0.15) is 22.2 Å². The van der Waals surface area contributed by atoms with Gasteiger partial charge in [-0.1, -0.05) is 29.8 Å². The number of hydrogen-bond acceptors (Lipinski definition) is 7. The van der Waals surface area contributed by atoms with Crippen LogP contribution in [0, 0.1) is 5.82 Å². The Morgan fingerprint density at radius 3 is 2.54 bits per heavy atom. The Bertz CT molecular complexity index is 1700. The van der Waals surface area contributed by atoms with Crippen molar-refractivity contribution in [3.63, 3.8) is 0 Å². The van der Waals surface area contributed by atoms with E-state index in [9.17, 15) is 8.42 Å². The van der Waals surface area contributed by atoms with E-state index in [4.69, 9.17) is 27.2 Å². The second-order valence-corrected chi connectivity index (χ2v) is 12.7. The maximum atomic E-state index is 15.3. The fourth-order valence-electron chi connectivity index (χ4n) is 5.84. The molecule has 3 heterocycles. The van der Waals surface area contributed by atoms with E-state index >= 15 is 4.39 Å². The molecule has 41 heavy (non-hydrogen) atoms. The lowest BCUT2D eigenvalue weighted by Crippen LogP contribution is -2.51. The van der Waals surface area contributed by atoms with Gasteiger partial charge >= 0.3 is 0 Å². The Labute approximate surface area is 243 Å². The monoisotopic (exact) mass is 598 g/mol. The molecule has 4 aromatic rings. The summed E-state index contributed by atoms with van der Waals surface area (Å²) in [4.78, 5) is 4.40. The number of anilines is 2. The minimum Gasteiger partial charge on any atom is -0.383 e. The molecule has 0 radical (unpaired) electrons. The van der Waals surface area contributed by atoms with E-state index in [1.807, 2.05) is 17.8 Å². The summed E-state index contributed by atoms with van der Waals surface area (Å²) in [5.41, 5.74) is 9.21. The number of nitrogen functional groups attached to an aromatic ring is 1. The van der Waals surface area contributed by atoms with E-state index in [1.165, 1.54) is 24.3 Å². The number of pyridine rings is 1. The number of nitrogens with one attached hydrogen (secondary N) is 2. The quantitative estimate of drug-likeness (QED) is 0.251. The van der Waals surface area contributed by atoms with Gasteiger partial charge in [0.2, 0.25) is 0 Å². The topological polar surface area (TPSA) is 124 Å². The van der Waals surface area contributed by atoms with E-state index in [0.29, 0.717) is 47.0 Å². The molecule has 2 aliphatic rings. The van der Waals surface area contributed by atoms with Gasteiger partial charge in [0, 0.05) is 24.3 Å². The summed E-state index contributed by atoms with van der Waals surface area (Å²) < 4.78 is 50.6. The lowest BCUT2D eigenvalue weighted by atomic mass is 9.81. The molecule has 2 aromatic heterocycles. The van der Waals surface area contributed by atoms with Crippen LogP contribution in [0.3, 0.4) is 0 Å². The number of nitrogens with zero attached hydrogens (tertiary/aromatic N) is 3. The summed E-state index contributed by atoms with van der Waals surface area (Å²) in [5.74, 6) is -0.111. The maximum absolute atomic E-state index is 15.3. The summed E-state index contributed by atoms with van der Waals surface area (Å²) in [5, 5.41) is 9.24. The molecule has 2 fully saturated rings. The van der Waals surface area contributed by atoms with Crippen LogP contribution in [-0.4, -0.2) is 48.5 Å². The van der Waals surface area contributed by atoms with Crippen molar-refractivity contribution in [1.29, 1.82) is 0 Å². The van der Waals surface area contributed by atoms with Gasteiger partial charge in [-0.05, 0) is 68.4 Å². The zero-order valence-electron chi connectivity index (χ0n) is 22.6. The second-order valence-electron chi connectivity index (χ2n) is 10.7. The highest BCUT2D eigenvalue weighted by Gasteiger charge is 2.30. The molecule has 1 aliphatic carbocycles. The van der Waals surface area contributed by atoms with Crippen molar-refractivity contribution >= 4 is 44.0 Å². The van der Waals surface area contributed by atoms with E-state index in [0.717, 1.165) is 50.0 Å². The number of rotatable bonds is 8. The van der Waals surface area contributed by atoms with Gasteiger partial charge in [0.25, 0.3) is 10.0 Å². The lowest BCUT2D eigenvalue weighted by molar-refractivity contribution is -0.0121. The van der Waals surface area contributed by atoms with Crippen LogP contribution in [0.1, 0.15) is 44.1 Å². The molecule has 0 spiro atoms. The van der Waals surface area contributed by atoms with Crippen molar-refractivity contribution in [3.8, 4) is 11.3 Å². The predicted molar refractivity (Wildman–Crippen MR) is 158 cm³/mol. The average molecular weight is 599 g/mol. The van der Waals surface area contributed by atoms with Crippen LogP contribution in [0.4, 0.5) is 15.9 Å². The van der Waals surface area contributed by atoms with Gasteiger partial charge in [0.05, 0.1) is 40.9 Å². The standard InChI is InChI=1S/C29H32ClFN6O3S/c1-2-37-28-21(17-7-10-19(11-8-17)34-20-15-40-16-20)14-33-29(32)26(28)27(35-37)18-9-12-24(23(31)13-18)36-41(38,39)25-6-4-3-5-22(25)30/h3-6,9,12-14,17,19-20,34,36H,2,7-8,10-11,15-16H2,1H3,(H2,32,33). The fourth-order valence-corrected chi connectivity index (χ4v) is 7.42. The van der Waals surface area contributed by atoms with Crippen LogP contribution < -0.4 is 15.8 Å². The highest BCUT2D eigenvalue weighted by atomic mass is 35.5. The first-order valence-corrected chi connectivity index (χ1v) is 15.7. The van der Waals surface area contributed by atoms with Crippen molar-refractivity contribution in [2.75, 3.05) is 23.7 Å².